The molecule has 0 saturated heterocycles. The molecule has 0 aliphatic carbocycles. The maximum atomic E-state index is 5.76. The molecule has 0 fully saturated rings. The van der Waals surface area contributed by atoms with Crippen LogP contribution >= 0.6 is 23.3 Å². The van der Waals surface area contributed by atoms with Crippen LogP contribution < -0.4 is 4.74 Å². The maximum absolute atomic E-state index is 5.76. The van der Waals surface area contributed by atoms with E-state index >= 15 is 0 Å². The summed E-state index contributed by atoms with van der Waals surface area (Å²) < 4.78 is 14.6. The lowest BCUT2D eigenvalue weighted by Gasteiger charge is -1.98. The van der Waals surface area contributed by atoms with Crippen LogP contribution in [0.3, 0.4) is 0 Å². The first-order chi connectivity index (χ1) is 8.83. The lowest BCUT2D eigenvalue weighted by atomic mass is 10.3. The minimum absolute atomic E-state index is 0.174. The molecule has 0 unspecified atom stereocenters. The van der Waals surface area contributed by atoms with Gasteiger partial charge in [0.25, 0.3) is 5.88 Å². The van der Waals surface area contributed by atoms with Crippen molar-refractivity contribution in [3.05, 3.63) is 41.8 Å². The van der Waals surface area contributed by atoms with Crippen molar-refractivity contribution >= 4 is 23.3 Å². The van der Waals surface area contributed by atoms with E-state index in [1.54, 1.807) is 11.0 Å². The van der Waals surface area contributed by atoms with Crippen molar-refractivity contribution in [2.45, 2.75) is 0 Å². The fraction of sp³-hybridized carbons (Fsp3) is 0. The Bertz CT molecular complexity index is 653. The Morgan fingerprint density at radius 1 is 1.17 bits per heavy atom. The van der Waals surface area contributed by atoms with E-state index in [0.717, 1.165) is 17.4 Å². The molecule has 0 spiro atoms. The van der Waals surface area contributed by atoms with Crippen LogP contribution in [0.25, 0.3) is 5.69 Å². The van der Waals surface area contributed by atoms with Gasteiger partial charge < -0.3 is 4.74 Å². The van der Waals surface area contributed by atoms with E-state index < -0.39 is 0 Å². The van der Waals surface area contributed by atoms with Gasteiger partial charge in [0.15, 0.2) is 0 Å². The summed E-state index contributed by atoms with van der Waals surface area (Å²) in [6, 6.07) is 9.76. The summed E-state index contributed by atoms with van der Waals surface area (Å²) in [4.78, 5) is 4.02. The van der Waals surface area contributed by atoms with E-state index in [-0.39, 0.29) is 17.0 Å². The molecule has 8 heteroatoms. The third kappa shape index (κ3) is 2.18. The number of nitrogens with zero attached hydrogens (tertiary/aromatic N) is 5. The second kappa shape index (κ2) is 4.71. The van der Waals surface area contributed by atoms with E-state index in [2.05, 4.69) is 18.8 Å². The molecule has 0 amide bonds. The Morgan fingerprint density at radius 3 is 2.72 bits per heavy atom. The summed E-state index contributed by atoms with van der Waals surface area (Å²) in [5.74, 6) is 0.215. The van der Waals surface area contributed by atoms with Crippen molar-refractivity contribution in [1.82, 2.24) is 23.5 Å². The summed E-state index contributed by atoms with van der Waals surface area (Å²) in [7, 11) is 0. The highest BCUT2D eigenvalue weighted by Crippen LogP contribution is 2.24. The highest BCUT2D eigenvalue weighted by atomic mass is 35.5. The molecule has 2 aromatic heterocycles. The number of hydrogen-bond acceptors (Lipinski definition) is 6. The third-order valence-corrected chi connectivity index (χ3v) is 2.96. The van der Waals surface area contributed by atoms with Crippen LogP contribution in [0.2, 0.25) is 5.15 Å². The van der Waals surface area contributed by atoms with Crippen LogP contribution in [0.4, 0.5) is 0 Å². The largest absolute Gasteiger partial charge is 0.400 e. The topological polar surface area (TPSA) is 65.7 Å². The zero-order valence-corrected chi connectivity index (χ0v) is 10.5. The van der Waals surface area contributed by atoms with E-state index in [0.29, 0.717) is 0 Å². The highest BCUT2D eigenvalue weighted by molar-refractivity contribution is 6.99. The van der Waals surface area contributed by atoms with Gasteiger partial charge in [0.05, 0.1) is 17.4 Å². The molecular formula is C10H6ClN5OS. The Balaban J connectivity index is 1.84. The average molecular weight is 280 g/mol. The van der Waals surface area contributed by atoms with Gasteiger partial charge in [-0.05, 0) is 12.1 Å². The van der Waals surface area contributed by atoms with Crippen LogP contribution in [0.5, 0.6) is 11.9 Å². The number of para-hydroxylation sites is 1. The predicted octanol–water partition coefficient (Wildman–Crippen LogP) is 2.56. The fourth-order valence-corrected chi connectivity index (χ4v) is 1.93. The molecule has 0 radical (unpaired) electrons. The quantitative estimate of drug-likeness (QED) is 0.737. The molecule has 0 aliphatic rings. The van der Waals surface area contributed by atoms with E-state index in [4.69, 9.17) is 16.3 Å². The second-order valence-electron chi connectivity index (χ2n) is 3.27. The number of ether oxygens (including phenoxy) is 1. The third-order valence-electron chi connectivity index (χ3n) is 2.10. The normalized spacial score (nSPS) is 10.5. The molecule has 90 valence electrons. The van der Waals surface area contributed by atoms with Crippen molar-refractivity contribution in [2.75, 3.05) is 0 Å². The Labute approximate surface area is 111 Å². The molecule has 3 aromatic rings. The summed E-state index contributed by atoms with van der Waals surface area (Å²) in [6.45, 7) is 0. The summed E-state index contributed by atoms with van der Waals surface area (Å²) in [5, 5.41) is 4.36. The molecule has 0 N–H and O–H groups in total. The fourth-order valence-electron chi connectivity index (χ4n) is 1.32. The smallest absolute Gasteiger partial charge is 0.342 e. The first-order valence-electron chi connectivity index (χ1n) is 4.96. The van der Waals surface area contributed by atoms with Crippen molar-refractivity contribution in [3.8, 4) is 17.6 Å². The van der Waals surface area contributed by atoms with Crippen molar-refractivity contribution in [1.29, 1.82) is 0 Å². The van der Waals surface area contributed by atoms with Gasteiger partial charge >= 0.3 is 6.01 Å². The molecule has 3 rings (SSSR count). The van der Waals surface area contributed by atoms with Gasteiger partial charge in [-0.1, -0.05) is 29.8 Å². The minimum Gasteiger partial charge on any atom is -0.400 e. The lowest BCUT2D eigenvalue weighted by Crippen LogP contribution is -1.94. The molecule has 6 nitrogen and oxygen atoms in total. The Kier molecular flexibility index (Phi) is 2.91. The molecule has 0 bridgehead atoms. The average Bonchev–Trinajstić information content (AvgIpc) is 3.02. The minimum atomic E-state index is 0.174. The predicted molar refractivity (Wildman–Crippen MR) is 66.4 cm³/mol. The first kappa shape index (κ1) is 11.1. The van der Waals surface area contributed by atoms with E-state index in [9.17, 15) is 0 Å². The van der Waals surface area contributed by atoms with Gasteiger partial charge in [0.1, 0.15) is 6.33 Å². The standard InChI is InChI=1S/C10H6ClN5OS/c11-8-9(15-18-14-8)17-10-12-6-16(13-10)7-4-2-1-3-5-7/h1-6H. The molecule has 0 saturated carbocycles. The van der Waals surface area contributed by atoms with Crippen LogP contribution in [-0.4, -0.2) is 23.5 Å². The zero-order valence-electron chi connectivity index (χ0n) is 8.89. The van der Waals surface area contributed by atoms with Gasteiger partial charge in [-0.3, -0.25) is 0 Å². The van der Waals surface area contributed by atoms with Gasteiger partial charge in [-0.2, -0.15) is 9.36 Å². The number of benzene rings is 1. The van der Waals surface area contributed by atoms with Gasteiger partial charge in [-0.25, -0.2) is 4.68 Å². The number of aromatic nitrogens is 5. The number of rotatable bonds is 3. The zero-order chi connectivity index (χ0) is 12.4. The number of halogens is 1. The van der Waals surface area contributed by atoms with Crippen LogP contribution in [-0.2, 0) is 0 Å². The highest BCUT2D eigenvalue weighted by Gasteiger charge is 2.11. The molecule has 2 heterocycles. The van der Waals surface area contributed by atoms with Gasteiger partial charge in [-0.15, -0.1) is 9.47 Å². The van der Waals surface area contributed by atoms with E-state index in [1.807, 2.05) is 30.3 Å². The molecule has 1 aromatic carbocycles. The lowest BCUT2D eigenvalue weighted by molar-refractivity contribution is 0.429. The number of hydrogen-bond donors (Lipinski definition) is 0. The molecule has 18 heavy (non-hydrogen) atoms. The van der Waals surface area contributed by atoms with Crippen LogP contribution in [0, 0.1) is 0 Å². The monoisotopic (exact) mass is 279 g/mol. The summed E-state index contributed by atoms with van der Waals surface area (Å²) in [5.41, 5.74) is 0.891. The molecule has 0 aliphatic heterocycles. The molecular weight excluding hydrogens is 274 g/mol. The Morgan fingerprint density at radius 2 is 2.00 bits per heavy atom. The Hall–Kier alpha value is -1.99. The van der Waals surface area contributed by atoms with Crippen LogP contribution in [0.1, 0.15) is 0 Å². The second-order valence-corrected chi connectivity index (χ2v) is 4.16. The van der Waals surface area contributed by atoms with Crippen LogP contribution in [0.15, 0.2) is 36.7 Å². The summed E-state index contributed by atoms with van der Waals surface area (Å²) >= 11 is 6.73. The van der Waals surface area contributed by atoms with E-state index in [1.165, 1.54) is 0 Å². The SMILES string of the molecule is Clc1nsnc1Oc1ncn(-c2ccccc2)n1. The van der Waals surface area contributed by atoms with Crippen molar-refractivity contribution < 1.29 is 4.74 Å². The van der Waals surface area contributed by atoms with Gasteiger partial charge in [0.2, 0.25) is 5.15 Å². The first-order valence-corrected chi connectivity index (χ1v) is 6.07. The van der Waals surface area contributed by atoms with Crippen molar-refractivity contribution in [2.24, 2.45) is 0 Å². The summed E-state index contributed by atoms with van der Waals surface area (Å²) in [6.07, 6.45) is 1.55. The maximum Gasteiger partial charge on any atom is 0.342 e. The molecule has 0 atom stereocenters. The van der Waals surface area contributed by atoms with Crippen molar-refractivity contribution in [3.63, 3.8) is 0 Å². The van der Waals surface area contributed by atoms with Gasteiger partial charge in [0, 0.05) is 0 Å².